The second-order valence-corrected chi connectivity index (χ2v) is 7.10. The van der Waals surface area contributed by atoms with E-state index in [1.165, 1.54) is 12.1 Å². The van der Waals surface area contributed by atoms with Gasteiger partial charge in [-0.3, -0.25) is 4.79 Å². The van der Waals surface area contributed by atoms with Gasteiger partial charge in [-0.25, -0.2) is 0 Å². The zero-order valence-corrected chi connectivity index (χ0v) is 15.7. The summed E-state index contributed by atoms with van der Waals surface area (Å²) in [6.07, 6.45) is -2.75. The van der Waals surface area contributed by atoms with Crippen LogP contribution in [0, 0.1) is 0 Å². The van der Waals surface area contributed by atoms with E-state index in [-0.39, 0.29) is 12.0 Å². The smallest absolute Gasteiger partial charge is 0.416 e. The van der Waals surface area contributed by atoms with Crippen LogP contribution in [0.2, 0.25) is 0 Å². The molecule has 1 saturated carbocycles. The van der Waals surface area contributed by atoms with Crippen LogP contribution in [0.4, 0.5) is 13.2 Å². The van der Waals surface area contributed by atoms with Crippen LogP contribution in [0.15, 0.2) is 53.1 Å². The standard InChI is InChI=1S/C21H18F3N3O3/c22-21(23,24)16-7-5-15(6-8-16)20-26-19(27-30-20)14-3-1-13(2-4-14)11-25-17-9-18(10-17)29-12-28/h1-8,12,17-18,25H,9-11H2. The molecule has 156 valence electrons. The molecule has 0 unspecified atom stereocenters. The molecule has 1 N–H and O–H groups in total. The monoisotopic (exact) mass is 417 g/mol. The molecule has 0 radical (unpaired) electrons. The van der Waals surface area contributed by atoms with Crippen molar-refractivity contribution in [2.24, 2.45) is 0 Å². The highest BCUT2D eigenvalue weighted by Gasteiger charge is 2.30. The summed E-state index contributed by atoms with van der Waals surface area (Å²) in [5.41, 5.74) is 1.50. The molecule has 1 aliphatic carbocycles. The molecule has 4 rings (SSSR count). The third-order valence-corrected chi connectivity index (χ3v) is 5.04. The van der Waals surface area contributed by atoms with Crippen molar-refractivity contribution < 1.29 is 27.2 Å². The van der Waals surface area contributed by atoms with Crippen molar-refractivity contribution >= 4 is 6.47 Å². The quantitative estimate of drug-likeness (QED) is 0.580. The Balaban J connectivity index is 1.36. The van der Waals surface area contributed by atoms with E-state index < -0.39 is 11.7 Å². The first-order chi connectivity index (χ1) is 14.4. The van der Waals surface area contributed by atoms with E-state index in [9.17, 15) is 18.0 Å². The molecule has 9 heteroatoms. The fraction of sp³-hybridized carbons (Fsp3) is 0.286. The molecule has 0 aliphatic heterocycles. The van der Waals surface area contributed by atoms with Crippen molar-refractivity contribution in [2.75, 3.05) is 0 Å². The van der Waals surface area contributed by atoms with E-state index in [2.05, 4.69) is 15.5 Å². The average molecular weight is 417 g/mol. The molecular formula is C21H18F3N3O3. The summed E-state index contributed by atoms with van der Waals surface area (Å²) in [5.74, 6) is 0.513. The molecule has 0 saturated heterocycles. The van der Waals surface area contributed by atoms with Crippen molar-refractivity contribution in [3.8, 4) is 22.8 Å². The Labute approximate surface area is 170 Å². The number of benzene rings is 2. The third-order valence-electron chi connectivity index (χ3n) is 5.04. The van der Waals surface area contributed by atoms with Crippen LogP contribution in [-0.2, 0) is 22.3 Å². The first-order valence-corrected chi connectivity index (χ1v) is 9.35. The Morgan fingerprint density at radius 3 is 2.37 bits per heavy atom. The van der Waals surface area contributed by atoms with Crippen LogP contribution in [0.1, 0.15) is 24.0 Å². The summed E-state index contributed by atoms with van der Waals surface area (Å²) in [7, 11) is 0. The lowest BCUT2D eigenvalue weighted by Gasteiger charge is -2.34. The summed E-state index contributed by atoms with van der Waals surface area (Å²) in [6.45, 7) is 1.17. The summed E-state index contributed by atoms with van der Waals surface area (Å²) in [6, 6.07) is 12.5. The van der Waals surface area contributed by atoms with E-state index in [0.717, 1.165) is 36.1 Å². The van der Waals surface area contributed by atoms with Crippen LogP contribution in [-0.4, -0.2) is 28.8 Å². The van der Waals surface area contributed by atoms with Gasteiger partial charge in [-0.2, -0.15) is 18.2 Å². The zero-order valence-electron chi connectivity index (χ0n) is 15.7. The maximum absolute atomic E-state index is 12.7. The first kappa shape index (κ1) is 20.1. The number of aromatic nitrogens is 2. The summed E-state index contributed by atoms with van der Waals surface area (Å²) < 4.78 is 48.1. The van der Waals surface area contributed by atoms with Gasteiger partial charge in [-0.15, -0.1) is 0 Å². The topological polar surface area (TPSA) is 77.2 Å². The van der Waals surface area contributed by atoms with Crippen molar-refractivity contribution in [3.63, 3.8) is 0 Å². The molecule has 2 aromatic carbocycles. The van der Waals surface area contributed by atoms with Crippen LogP contribution < -0.4 is 5.32 Å². The minimum absolute atomic E-state index is 0.0134. The van der Waals surface area contributed by atoms with Crippen molar-refractivity contribution in [1.82, 2.24) is 15.5 Å². The van der Waals surface area contributed by atoms with E-state index >= 15 is 0 Å². The Hall–Kier alpha value is -3.20. The predicted molar refractivity (Wildman–Crippen MR) is 101 cm³/mol. The fourth-order valence-electron chi connectivity index (χ4n) is 3.22. The van der Waals surface area contributed by atoms with Crippen LogP contribution in [0.3, 0.4) is 0 Å². The summed E-state index contributed by atoms with van der Waals surface area (Å²) >= 11 is 0. The van der Waals surface area contributed by atoms with Gasteiger partial charge >= 0.3 is 6.18 Å². The van der Waals surface area contributed by atoms with Crippen molar-refractivity contribution in [1.29, 1.82) is 0 Å². The minimum Gasteiger partial charge on any atom is -0.464 e. The number of rotatable bonds is 7. The van der Waals surface area contributed by atoms with Crippen LogP contribution >= 0.6 is 0 Å². The maximum Gasteiger partial charge on any atom is 0.416 e. The largest absolute Gasteiger partial charge is 0.464 e. The van der Waals surface area contributed by atoms with Crippen LogP contribution in [0.25, 0.3) is 22.8 Å². The number of ether oxygens (including phenoxy) is 1. The molecule has 0 spiro atoms. The van der Waals surface area contributed by atoms with E-state index in [0.29, 0.717) is 30.4 Å². The van der Waals surface area contributed by atoms with Gasteiger partial charge in [0.25, 0.3) is 12.4 Å². The number of alkyl halides is 3. The maximum atomic E-state index is 12.7. The highest BCUT2D eigenvalue weighted by atomic mass is 19.4. The molecule has 6 nitrogen and oxygen atoms in total. The molecule has 0 bridgehead atoms. The first-order valence-electron chi connectivity index (χ1n) is 9.35. The Morgan fingerprint density at radius 2 is 1.73 bits per heavy atom. The van der Waals surface area contributed by atoms with Gasteiger partial charge in [-0.1, -0.05) is 29.4 Å². The van der Waals surface area contributed by atoms with E-state index in [1.807, 2.05) is 24.3 Å². The fourth-order valence-corrected chi connectivity index (χ4v) is 3.22. The van der Waals surface area contributed by atoms with E-state index in [4.69, 9.17) is 9.26 Å². The molecule has 0 amide bonds. The number of nitrogens with one attached hydrogen (secondary N) is 1. The lowest BCUT2D eigenvalue weighted by molar-refractivity contribution is -0.138. The average Bonchev–Trinajstić information content (AvgIpc) is 3.20. The number of halogens is 3. The number of hydrogen-bond donors (Lipinski definition) is 1. The minimum atomic E-state index is -4.39. The molecule has 1 aliphatic rings. The third kappa shape index (κ3) is 4.51. The van der Waals surface area contributed by atoms with E-state index in [1.54, 1.807) is 0 Å². The number of hydrogen-bond acceptors (Lipinski definition) is 6. The molecule has 1 fully saturated rings. The summed E-state index contributed by atoms with van der Waals surface area (Å²) in [4.78, 5) is 14.6. The van der Waals surface area contributed by atoms with Gasteiger partial charge in [0, 0.05) is 23.7 Å². The lowest BCUT2D eigenvalue weighted by atomic mass is 9.89. The van der Waals surface area contributed by atoms with Crippen molar-refractivity contribution in [3.05, 3.63) is 59.7 Å². The normalized spacial score (nSPS) is 18.6. The number of nitrogens with zero attached hydrogens (tertiary/aromatic N) is 2. The van der Waals surface area contributed by atoms with Crippen molar-refractivity contribution in [2.45, 2.75) is 37.7 Å². The molecule has 30 heavy (non-hydrogen) atoms. The molecule has 1 aromatic heterocycles. The van der Waals surface area contributed by atoms with Gasteiger partial charge in [0.1, 0.15) is 6.10 Å². The Kier molecular flexibility index (Phi) is 5.54. The van der Waals surface area contributed by atoms with Gasteiger partial charge < -0.3 is 14.6 Å². The molecular weight excluding hydrogens is 399 g/mol. The van der Waals surface area contributed by atoms with Gasteiger partial charge in [0.2, 0.25) is 5.82 Å². The number of carbonyl (C=O) groups excluding carboxylic acids is 1. The molecule has 3 aromatic rings. The highest BCUT2D eigenvalue weighted by Crippen LogP contribution is 2.31. The Bertz CT molecular complexity index is 995. The Morgan fingerprint density at radius 1 is 1.07 bits per heavy atom. The zero-order chi connectivity index (χ0) is 21.1. The second kappa shape index (κ2) is 8.27. The second-order valence-electron chi connectivity index (χ2n) is 7.10. The van der Waals surface area contributed by atoms with Gasteiger partial charge in [0.05, 0.1) is 5.56 Å². The molecule has 0 atom stereocenters. The lowest BCUT2D eigenvalue weighted by Crippen LogP contribution is -2.44. The van der Waals surface area contributed by atoms with Gasteiger partial charge in [-0.05, 0) is 42.7 Å². The predicted octanol–water partition coefficient (Wildman–Crippen LogP) is 4.22. The SMILES string of the molecule is O=COC1CC(NCc2ccc(-c3noc(-c4ccc(C(F)(F)F)cc4)n3)cc2)C1. The number of carbonyl (C=O) groups is 1. The highest BCUT2D eigenvalue weighted by molar-refractivity contribution is 5.60. The summed E-state index contributed by atoms with van der Waals surface area (Å²) in [5, 5.41) is 7.32. The van der Waals surface area contributed by atoms with Crippen LogP contribution in [0.5, 0.6) is 0 Å². The van der Waals surface area contributed by atoms with Gasteiger partial charge in [0.15, 0.2) is 0 Å². The molecule has 1 heterocycles.